The van der Waals surface area contributed by atoms with E-state index in [1.165, 1.54) is 57.8 Å². The lowest BCUT2D eigenvalue weighted by molar-refractivity contribution is -0.144. The van der Waals surface area contributed by atoms with Crippen LogP contribution in [0.25, 0.3) is 0 Å². The van der Waals surface area contributed by atoms with Crippen LogP contribution >= 0.6 is 0 Å². The third-order valence-corrected chi connectivity index (χ3v) is 8.55. The van der Waals surface area contributed by atoms with Crippen LogP contribution in [0.1, 0.15) is 162 Å². The summed E-state index contributed by atoms with van der Waals surface area (Å²) in [7, 11) is 0. The Bertz CT molecular complexity index is 931. The fourth-order valence-corrected chi connectivity index (χ4v) is 5.45. The third kappa shape index (κ3) is 29.2. The highest BCUT2D eigenvalue weighted by molar-refractivity contribution is 5.85. The fraction of sp³-hybridized carbons (Fsp3) is 0.833. The normalized spacial score (nSPS) is 13.4. The van der Waals surface area contributed by atoms with Gasteiger partial charge in [0.25, 0.3) is 0 Å². The molecule has 0 rings (SSSR count). The monoisotopic (exact) mass is 669 g/mol. The zero-order valence-electron chi connectivity index (χ0n) is 30.0. The van der Waals surface area contributed by atoms with Gasteiger partial charge in [-0.1, -0.05) is 89.9 Å². The molecule has 0 aliphatic carbocycles. The molecular formula is C36H65N3O8. The molecule has 272 valence electrons. The van der Waals surface area contributed by atoms with E-state index < -0.39 is 36.2 Å². The van der Waals surface area contributed by atoms with E-state index in [-0.39, 0.29) is 49.7 Å². The minimum atomic E-state index is -1.07. The number of aliphatic carboxylic acids is 2. The molecule has 6 N–H and O–H groups in total. The molecule has 0 spiro atoms. The van der Waals surface area contributed by atoms with Gasteiger partial charge in [0.15, 0.2) is 5.78 Å². The zero-order valence-corrected chi connectivity index (χ0v) is 29.0. The van der Waals surface area contributed by atoms with E-state index in [0.29, 0.717) is 32.2 Å². The number of ketones is 2. The summed E-state index contributed by atoms with van der Waals surface area (Å²) < 4.78 is 7.35. The van der Waals surface area contributed by atoms with Crippen molar-refractivity contribution in [3.05, 3.63) is 0 Å². The molecule has 0 aliphatic rings. The summed E-state index contributed by atoms with van der Waals surface area (Å²) in [5, 5.41) is 23.7. The van der Waals surface area contributed by atoms with Crippen molar-refractivity contribution in [3.63, 3.8) is 0 Å². The maximum atomic E-state index is 12.4. The van der Waals surface area contributed by atoms with Crippen LogP contribution in [0.5, 0.6) is 0 Å². The van der Waals surface area contributed by atoms with Gasteiger partial charge in [0.2, 0.25) is 5.91 Å². The van der Waals surface area contributed by atoms with Gasteiger partial charge >= 0.3 is 11.9 Å². The SMILES string of the molecule is [3H]C(=O)[C@H](CCCCNC(=O)CC[C@H](CC(=O)CCCCCCCCCCCCCCCCCCC(=O)O)C(=O)O)NCC(=O)[C@H](C)N. The van der Waals surface area contributed by atoms with Crippen LogP contribution in [-0.4, -0.2) is 71.1 Å². The van der Waals surface area contributed by atoms with Crippen LogP contribution in [-0.2, 0) is 28.8 Å². The molecule has 11 nitrogen and oxygen atoms in total. The maximum absolute atomic E-state index is 12.4. The van der Waals surface area contributed by atoms with Crippen LogP contribution in [0.4, 0.5) is 0 Å². The van der Waals surface area contributed by atoms with Crippen molar-refractivity contribution in [3.8, 4) is 0 Å². The molecule has 0 aliphatic heterocycles. The van der Waals surface area contributed by atoms with Crippen LogP contribution in [0.3, 0.4) is 0 Å². The number of carbonyl (C=O) groups excluding carboxylic acids is 4. The van der Waals surface area contributed by atoms with Crippen molar-refractivity contribution >= 4 is 35.7 Å². The number of carboxylic acids is 2. The summed E-state index contributed by atoms with van der Waals surface area (Å²) in [6.07, 6.45) is 19.5. The maximum Gasteiger partial charge on any atom is 0.306 e. The Balaban J connectivity index is 3.82. The minimum Gasteiger partial charge on any atom is -0.481 e. The number of rotatable bonds is 35. The fourth-order valence-electron chi connectivity index (χ4n) is 5.45. The molecule has 47 heavy (non-hydrogen) atoms. The largest absolute Gasteiger partial charge is 0.481 e. The number of carbonyl (C=O) groups is 6. The molecule has 0 saturated heterocycles. The van der Waals surface area contributed by atoms with E-state index in [1.54, 1.807) is 6.92 Å². The number of nitrogens with two attached hydrogens (primary N) is 1. The highest BCUT2D eigenvalue weighted by Crippen LogP contribution is 2.17. The molecule has 11 heteroatoms. The van der Waals surface area contributed by atoms with Gasteiger partial charge in [-0.25, -0.2) is 0 Å². The molecule has 0 radical (unpaired) electrons. The molecule has 0 fully saturated rings. The van der Waals surface area contributed by atoms with Crippen molar-refractivity contribution in [1.82, 2.24) is 10.6 Å². The second-order valence-electron chi connectivity index (χ2n) is 13.0. The first-order valence-electron chi connectivity index (χ1n) is 18.7. The Hall–Kier alpha value is -2.66. The van der Waals surface area contributed by atoms with E-state index in [2.05, 4.69) is 10.6 Å². The highest BCUT2D eigenvalue weighted by Gasteiger charge is 2.22. The Morgan fingerprint density at radius 2 is 1.19 bits per heavy atom. The number of nitrogens with one attached hydrogen (secondary N) is 2. The Kier molecular flexibility index (Phi) is 27.6. The van der Waals surface area contributed by atoms with Crippen molar-refractivity contribution in [2.24, 2.45) is 11.7 Å². The smallest absolute Gasteiger partial charge is 0.306 e. The molecule has 1 amide bonds. The average molecular weight is 670 g/mol. The molecule has 0 heterocycles. The topological polar surface area (TPSA) is 193 Å². The van der Waals surface area contributed by atoms with Crippen molar-refractivity contribution in [1.29, 1.82) is 0 Å². The standard InChI is InChI=1S/C36H65N3O8/c1-29(37)33(42)27-39-31(28-40)20-18-19-25-38-34(43)24-23-30(36(46)47)26-32(41)21-16-14-12-10-8-6-4-2-3-5-7-9-11-13-15-17-22-35(44)45/h28-31,39H,2-27,37H2,1H3,(H,38,43)(H,44,45)(H,46,47)/t29-,30+,31-/m0/s1/i28T. The van der Waals surface area contributed by atoms with Gasteiger partial charge in [-0.3, -0.25) is 24.0 Å². The highest BCUT2D eigenvalue weighted by atomic mass is 16.4. The van der Waals surface area contributed by atoms with Gasteiger partial charge in [-0.2, -0.15) is 0 Å². The number of amides is 1. The molecular weight excluding hydrogens is 602 g/mol. The zero-order chi connectivity index (χ0) is 36.0. The van der Waals surface area contributed by atoms with Crippen molar-refractivity contribution in [2.45, 2.75) is 173 Å². The van der Waals surface area contributed by atoms with Crippen molar-refractivity contribution in [2.75, 3.05) is 13.1 Å². The van der Waals surface area contributed by atoms with Crippen molar-refractivity contribution < 1.29 is 40.4 Å². The summed E-state index contributed by atoms with van der Waals surface area (Å²) in [5.41, 5.74) is 5.50. The lowest BCUT2D eigenvalue weighted by atomic mass is 9.94. The number of unbranched alkanes of at least 4 members (excludes halogenated alkanes) is 16. The van der Waals surface area contributed by atoms with Gasteiger partial charge in [0.1, 0.15) is 13.4 Å². The van der Waals surface area contributed by atoms with Gasteiger partial charge in [0, 0.05) is 32.2 Å². The number of hydrogen-bond donors (Lipinski definition) is 5. The quantitative estimate of drug-likeness (QED) is 0.0401. The molecule has 0 aromatic carbocycles. The van der Waals surface area contributed by atoms with E-state index >= 15 is 0 Å². The molecule has 0 aromatic heterocycles. The summed E-state index contributed by atoms with van der Waals surface area (Å²) in [6, 6.07) is -1.43. The lowest BCUT2D eigenvalue weighted by Gasteiger charge is -2.13. The first kappa shape index (κ1) is 42.4. The Labute approximate surface area is 284 Å². The summed E-state index contributed by atoms with van der Waals surface area (Å²) in [6.45, 7) is 1.81. The predicted molar refractivity (Wildman–Crippen MR) is 184 cm³/mol. The number of carboxylic acid groups (broad SMARTS) is 2. The first-order valence-corrected chi connectivity index (χ1v) is 18.2. The summed E-state index contributed by atoms with van der Waals surface area (Å²) >= 11 is 0. The van der Waals surface area contributed by atoms with Gasteiger partial charge < -0.3 is 31.4 Å². The number of hydrogen-bond acceptors (Lipinski definition) is 8. The predicted octanol–water partition coefficient (Wildman–Crippen LogP) is 5.89. The molecule has 3 atom stereocenters. The number of Topliss-reactive ketones (excluding diaryl/α,β-unsaturated/α-hetero) is 2. The van der Waals surface area contributed by atoms with Crippen LogP contribution in [0.15, 0.2) is 0 Å². The molecule has 0 unspecified atom stereocenters. The van der Waals surface area contributed by atoms with E-state index in [0.717, 1.165) is 44.9 Å². The second-order valence-corrected chi connectivity index (χ2v) is 13.0. The van der Waals surface area contributed by atoms with Crippen LogP contribution < -0.4 is 16.4 Å². The molecule has 0 saturated carbocycles. The average Bonchev–Trinajstić information content (AvgIpc) is 3.02. The molecule has 0 bridgehead atoms. The third-order valence-electron chi connectivity index (χ3n) is 8.55. The van der Waals surface area contributed by atoms with Gasteiger partial charge in [-0.15, -0.1) is 0 Å². The number of aldehydes is 1. The van der Waals surface area contributed by atoms with E-state index in [9.17, 15) is 33.9 Å². The summed E-state index contributed by atoms with van der Waals surface area (Å²) in [4.78, 5) is 69.9. The Morgan fingerprint density at radius 1 is 0.702 bits per heavy atom. The van der Waals surface area contributed by atoms with E-state index in [1.807, 2.05) is 0 Å². The Morgan fingerprint density at radius 3 is 1.64 bits per heavy atom. The minimum absolute atomic E-state index is 0.0105. The van der Waals surface area contributed by atoms with Gasteiger partial charge in [-0.05, 0) is 45.4 Å². The molecule has 0 aromatic rings. The lowest BCUT2D eigenvalue weighted by Crippen LogP contribution is -2.40. The van der Waals surface area contributed by atoms with E-state index in [4.69, 9.17) is 12.2 Å². The van der Waals surface area contributed by atoms with Gasteiger partial charge in [0.05, 0.1) is 24.5 Å². The summed E-state index contributed by atoms with van der Waals surface area (Å²) in [5.74, 6) is -3.26. The first-order chi connectivity index (χ1) is 22.9. The second kappa shape index (κ2) is 30.7. The van der Waals surface area contributed by atoms with Crippen LogP contribution in [0.2, 0.25) is 0 Å². The van der Waals surface area contributed by atoms with Crippen LogP contribution in [0, 0.1) is 5.92 Å².